The van der Waals surface area contributed by atoms with E-state index in [9.17, 15) is 5.11 Å². The number of phenolic OH excluding ortho intramolecular Hbond substituents is 1. The first-order valence-electron chi connectivity index (χ1n) is 5.54. The third-order valence-corrected chi connectivity index (χ3v) is 2.60. The molecule has 0 spiro atoms. The number of aromatic hydroxyl groups is 1. The number of likely N-dealkylation sites (N-methyl/N-ethyl adjacent to an activating group) is 1. The summed E-state index contributed by atoms with van der Waals surface area (Å²) in [5.41, 5.74) is 7.51. The van der Waals surface area contributed by atoms with Gasteiger partial charge in [-0.3, -0.25) is 0 Å². The molecule has 0 aliphatic rings. The molecule has 0 aliphatic carbocycles. The van der Waals surface area contributed by atoms with Crippen molar-refractivity contribution in [1.82, 2.24) is 0 Å². The second-order valence-corrected chi connectivity index (χ2v) is 3.86. The first-order chi connectivity index (χ1) is 7.60. The SMILES string of the molecule is C=CCN(CC)c1ccc(C(C)N)c(O)c1. The van der Waals surface area contributed by atoms with Crippen molar-refractivity contribution < 1.29 is 5.11 Å². The zero-order chi connectivity index (χ0) is 12.1. The van der Waals surface area contributed by atoms with Gasteiger partial charge in [0, 0.05) is 36.4 Å². The van der Waals surface area contributed by atoms with Crippen molar-refractivity contribution in [3.05, 3.63) is 36.4 Å². The molecule has 0 radical (unpaired) electrons. The van der Waals surface area contributed by atoms with Crippen LogP contribution in [-0.2, 0) is 0 Å². The molecule has 88 valence electrons. The van der Waals surface area contributed by atoms with Crippen LogP contribution in [0.15, 0.2) is 30.9 Å². The van der Waals surface area contributed by atoms with Crippen molar-refractivity contribution in [1.29, 1.82) is 0 Å². The molecule has 0 heterocycles. The molecule has 0 saturated carbocycles. The first kappa shape index (κ1) is 12.6. The molecule has 1 aromatic rings. The summed E-state index contributed by atoms with van der Waals surface area (Å²) in [5.74, 6) is 0.259. The highest BCUT2D eigenvalue weighted by molar-refractivity contribution is 5.54. The lowest BCUT2D eigenvalue weighted by molar-refractivity contribution is 0.464. The monoisotopic (exact) mass is 220 g/mol. The van der Waals surface area contributed by atoms with Crippen LogP contribution in [0.2, 0.25) is 0 Å². The summed E-state index contributed by atoms with van der Waals surface area (Å²) < 4.78 is 0. The molecule has 0 amide bonds. The standard InChI is InChI=1S/C13H20N2O/c1-4-8-15(5-2)11-6-7-12(10(3)14)13(16)9-11/h4,6-7,9-10,16H,1,5,8,14H2,2-3H3. The van der Waals surface area contributed by atoms with Crippen LogP contribution in [0.5, 0.6) is 5.75 Å². The van der Waals surface area contributed by atoms with E-state index in [4.69, 9.17) is 5.73 Å². The van der Waals surface area contributed by atoms with E-state index in [0.29, 0.717) is 0 Å². The van der Waals surface area contributed by atoms with Crippen LogP contribution in [0.3, 0.4) is 0 Å². The van der Waals surface area contributed by atoms with Gasteiger partial charge in [0.2, 0.25) is 0 Å². The predicted octanol–water partition coefficient (Wildman–Crippen LogP) is 2.42. The molecule has 0 saturated heterocycles. The van der Waals surface area contributed by atoms with Gasteiger partial charge in [-0.25, -0.2) is 0 Å². The summed E-state index contributed by atoms with van der Waals surface area (Å²) in [6, 6.07) is 5.46. The minimum atomic E-state index is -0.150. The highest BCUT2D eigenvalue weighted by atomic mass is 16.3. The molecule has 0 fully saturated rings. The van der Waals surface area contributed by atoms with Crippen LogP contribution < -0.4 is 10.6 Å². The molecule has 0 bridgehead atoms. The second kappa shape index (κ2) is 5.56. The molecular weight excluding hydrogens is 200 g/mol. The van der Waals surface area contributed by atoms with E-state index in [1.54, 1.807) is 6.07 Å². The average Bonchev–Trinajstić information content (AvgIpc) is 2.25. The molecule has 1 unspecified atom stereocenters. The fourth-order valence-corrected chi connectivity index (χ4v) is 1.69. The van der Waals surface area contributed by atoms with Crippen molar-refractivity contribution in [3.8, 4) is 5.75 Å². The Kier molecular flexibility index (Phi) is 4.38. The van der Waals surface area contributed by atoms with Gasteiger partial charge in [0.1, 0.15) is 5.75 Å². The summed E-state index contributed by atoms with van der Waals surface area (Å²) in [4.78, 5) is 2.12. The Labute approximate surface area is 97.2 Å². The van der Waals surface area contributed by atoms with Crippen molar-refractivity contribution in [2.45, 2.75) is 19.9 Å². The van der Waals surface area contributed by atoms with Crippen molar-refractivity contribution in [2.75, 3.05) is 18.0 Å². The number of benzene rings is 1. The first-order valence-corrected chi connectivity index (χ1v) is 5.54. The lowest BCUT2D eigenvalue weighted by Gasteiger charge is -2.22. The molecule has 3 heteroatoms. The average molecular weight is 220 g/mol. The van der Waals surface area contributed by atoms with Gasteiger partial charge in [-0.1, -0.05) is 12.1 Å². The van der Waals surface area contributed by atoms with Crippen LogP contribution in [0.25, 0.3) is 0 Å². The lowest BCUT2D eigenvalue weighted by atomic mass is 10.1. The topological polar surface area (TPSA) is 49.5 Å². The Balaban J connectivity index is 2.99. The molecule has 3 N–H and O–H groups in total. The number of anilines is 1. The highest BCUT2D eigenvalue weighted by Gasteiger charge is 2.09. The van der Waals surface area contributed by atoms with Gasteiger partial charge < -0.3 is 15.7 Å². The smallest absolute Gasteiger partial charge is 0.122 e. The fourth-order valence-electron chi connectivity index (χ4n) is 1.69. The van der Waals surface area contributed by atoms with E-state index >= 15 is 0 Å². The van der Waals surface area contributed by atoms with Gasteiger partial charge in [0.25, 0.3) is 0 Å². The number of phenols is 1. The lowest BCUT2D eigenvalue weighted by Crippen LogP contribution is -2.22. The molecule has 1 aromatic carbocycles. The second-order valence-electron chi connectivity index (χ2n) is 3.86. The van der Waals surface area contributed by atoms with E-state index in [2.05, 4.69) is 18.4 Å². The fraction of sp³-hybridized carbons (Fsp3) is 0.385. The summed E-state index contributed by atoms with van der Waals surface area (Å²) in [5, 5.41) is 9.84. The van der Waals surface area contributed by atoms with Crippen LogP contribution >= 0.6 is 0 Å². The minimum absolute atomic E-state index is 0.150. The number of rotatable bonds is 5. The molecule has 16 heavy (non-hydrogen) atoms. The third kappa shape index (κ3) is 2.76. The number of hydrogen-bond acceptors (Lipinski definition) is 3. The van der Waals surface area contributed by atoms with E-state index < -0.39 is 0 Å². The molecule has 1 atom stereocenters. The zero-order valence-corrected chi connectivity index (χ0v) is 9.98. The normalized spacial score (nSPS) is 12.2. The van der Waals surface area contributed by atoms with Gasteiger partial charge in [-0.15, -0.1) is 6.58 Å². The van der Waals surface area contributed by atoms with Gasteiger partial charge >= 0.3 is 0 Å². The number of hydrogen-bond donors (Lipinski definition) is 2. The van der Waals surface area contributed by atoms with Crippen molar-refractivity contribution in [3.63, 3.8) is 0 Å². The third-order valence-electron chi connectivity index (χ3n) is 2.60. The summed E-state index contributed by atoms with van der Waals surface area (Å²) in [7, 11) is 0. The molecule has 3 nitrogen and oxygen atoms in total. The maximum atomic E-state index is 9.84. The maximum Gasteiger partial charge on any atom is 0.122 e. The summed E-state index contributed by atoms with van der Waals surface area (Å²) in [6.07, 6.45) is 1.85. The highest BCUT2D eigenvalue weighted by Crippen LogP contribution is 2.27. The number of nitrogens with zero attached hydrogens (tertiary/aromatic N) is 1. The van der Waals surface area contributed by atoms with E-state index in [1.807, 2.05) is 25.1 Å². The number of nitrogens with two attached hydrogens (primary N) is 1. The van der Waals surface area contributed by atoms with Gasteiger partial charge in [-0.2, -0.15) is 0 Å². The minimum Gasteiger partial charge on any atom is -0.508 e. The quantitative estimate of drug-likeness (QED) is 0.749. The largest absolute Gasteiger partial charge is 0.508 e. The van der Waals surface area contributed by atoms with Crippen molar-refractivity contribution in [2.24, 2.45) is 5.73 Å². The van der Waals surface area contributed by atoms with Crippen LogP contribution in [0.1, 0.15) is 25.5 Å². The Hall–Kier alpha value is -1.48. The van der Waals surface area contributed by atoms with Crippen LogP contribution in [0.4, 0.5) is 5.69 Å². The van der Waals surface area contributed by atoms with Crippen molar-refractivity contribution >= 4 is 5.69 Å². The summed E-state index contributed by atoms with van der Waals surface area (Å²) in [6.45, 7) is 9.29. The molecule has 0 aromatic heterocycles. The maximum absolute atomic E-state index is 9.84. The molecule has 1 rings (SSSR count). The van der Waals surface area contributed by atoms with Gasteiger partial charge in [0.05, 0.1) is 0 Å². The zero-order valence-electron chi connectivity index (χ0n) is 9.98. The van der Waals surface area contributed by atoms with Crippen LogP contribution in [-0.4, -0.2) is 18.2 Å². The Morgan fingerprint density at radius 1 is 1.56 bits per heavy atom. The van der Waals surface area contributed by atoms with E-state index in [1.165, 1.54) is 0 Å². The predicted molar refractivity (Wildman–Crippen MR) is 68.8 cm³/mol. The van der Waals surface area contributed by atoms with Crippen LogP contribution in [0, 0.1) is 0 Å². The van der Waals surface area contributed by atoms with E-state index in [-0.39, 0.29) is 11.8 Å². The molecular formula is C13H20N2O. The van der Waals surface area contributed by atoms with Gasteiger partial charge in [0.15, 0.2) is 0 Å². The Morgan fingerprint density at radius 2 is 2.25 bits per heavy atom. The van der Waals surface area contributed by atoms with E-state index in [0.717, 1.165) is 24.3 Å². The Morgan fingerprint density at radius 3 is 2.69 bits per heavy atom. The van der Waals surface area contributed by atoms with Gasteiger partial charge in [-0.05, 0) is 19.9 Å². The molecule has 0 aliphatic heterocycles. The summed E-state index contributed by atoms with van der Waals surface area (Å²) >= 11 is 0. The Bertz CT molecular complexity index is 361.